The van der Waals surface area contributed by atoms with Crippen LogP contribution in [-0.4, -0.2) is 24.0 Å². The van der Waals surface area contributed by atoms with Crippen molar-refractivity contribution < 1.29 is 9.53 Å². The number of carbonyl (C=O) groups excluding carboxylic acids is 1. The van der Waals surface area contributed by atoms with Crippen LogP contribution in [0.15, 0.2) is 84.9 Å². The van der Waals surface area contributed by atoms with E-state index in [-0.39, 0.29) is 5.97 Å². The second-order valence-electron chi connectivity index (χ2n) is 7.40. The van der Waals surface area contributed by atoms with Crippen LogP contribution < -0.4 is 0 Å². The van der Waals surface area contributed by atoms with Crippen LogP contribution in [0.4, 0.5) is 0 Å². The zero-order valence-corrected chi connectivity index (χ0v) is 16.1. The Morgan fingerprint density at radius 2 is 1.39 bits per heavy atom. The molecule has 3 nitrogen and oxygen atoms in total. The van der Waals surface area contributed by atoms with E-state index in [4.69, 9.17) is 4.74 Å². The Kier molecular flexibility index (Phi) is 5.54. The van der Waals surface area contributed by atoms with Gasteiger partial charge in [0.15, 0.2) is 0 Å². The maximum atomic E-state index is 11.7. The Balaban J connectivity index is 1.50. The van der Waals surface area contributed by atoms with Crippen LogP contribution >= 0.6 is 0 Å². The minimum Gasteiger partial charge on any atom is -0.465 e. The van der Waals surface area contributed by atoms with Gasteiger partial charge < -0.3 is 4.74 Å². The predicted octanol–water partition coefficient (Wildman–Crippen LogP) is 5.03. The van der Waals surface area contributed by atoms with Crippen molar-refractivity contribution in [1.82, 2.24) is 4.90 Å². The van der Waals surface area contributed by atoms with Gasteiger partial charge in [0.05, 0.1) is 12.7 Å². The third kappa shape index (κ3) is 4.32. The zero-order chi connectivity index (χ0) is 19.3. The number of hydrogen-bond donors (Lipinski definition) is 0. The highest BCUT2D eigenvalue weighted by Gasteiger charge is 2.42. The minimum atomic E-state index is -0.284. The molecule has 0 bridgehead atoms. The molecule has 28 heavy (non-hydrogen) atoms. The third-order valence-electron chi connectivity index (χ3n) is 5.44. The Morgan fingerprint density at radius 1 is 0.857 bits per heavy atom. The number of esters is 1. The fourth-order valence-corrected chi connectivity index (χ4v) is 3.85. The lowest BCUT2D eigenvalue weighted by Crippen LogP contribution is -2.26. The summed E-state index contributed by atoms with van der Waals surface area (Å²) in [7, 11) is 1.41. The van der Waals surface area contributed by atoms with E-state index in [2.05, 4.69) is 77.7 Å². The van der Waals surface area contributed by atoms with Crippen molar-refractivity contribution >= 4 is 5.97 Å². The van der Waals surface area contributed by atoms with Gasteiger partial charge in [-0.1, -0.05) is 72.8 Å². The van der Waals surface area contributed by atoms with Crippen molar-refractivity contribution in [2.45, 2.75) is 31.5 Å². The number of carbonyl (C=O) groups is 1. The van der Waals surface area contributed by atoms with Crippen molar-refractivity contribution in [3.8, 4) is 0 Å². The Labute approximate surface area is 166 Å². The first-order valence-corrected chi connectivity index (χ1v) is 9.75. The van der Waals surface area contributed by atoms with E-state index in [0.29, 0.717) is 17.5 Å². The summed E-state index contributed by atoms with van der Waals surface area (Å²) in [6.45, 7) is 1.88. The average molecular weight is 371 g/mol. The summed E-state index contributed by atoms with van der Waals surface area (Å²) < 4.78 is 4.80. The van der Waals surface area contributed by atoms with Gasteiger partial charge in [0.2, 0.25) is 0 Å². The molecule has 1 aliphatic carbocycles. The molecule has 4 rings (SSSR count). The molecular weight excluding hydrogens is 346 g/mol. The van der Waals surface area contributed by atoms with Crippen LogP contribution in [0.2, 0.25) is 0 Å². The van der Waals surface area contributed by atoms with Gasteiger partial charge in [-0.3, -0.25) is 4.90 Å². The molecular formula is C25H25NO2. The lowest BCUT2D eigenvalue weighted by Gasteiger charge is -2.23. The average Bonchev–Trinajstić information content (AvgIpc) is 3.55. The molecule has 0 aliphatic heterocycles. The van der Waals surface area contributed by atoms with E-state index >= 15 is 0 Å². The number of nitrogens with zero attached hydrogens (tertiary/aromatic N) is 1. The normalized spacial score (nSPS) is 18.1. The molecule has 3 aromatic rings. The maximum Gasteiger partial charge on any atom is 0.337 e. The van der Waals surface area contributed by atoms with E-state index in [0.717, 1.165) is 19.5 Å². The Morgan fingerprint density at radius 3 is 1.89 bits per heavy atom. The summed E-state index contributed by atoms with van der Waals surface area (Å²) in [5.41, 5.74) is 4.58. The van der Waals surface area contributed by atoms with Crippen molar-refractivity contribution in [3.05, 3.63) is 107 Å². The summed E-state index contributed by atoms with van der Waals surface area (Å²) >= 11 is 0. The molecule has 0 spiro atoms. The largest absolute Gasteiger partial charge is 0.465 e. The van der Waals surface area contributed by atoms with Gasteiger partial charge in [-0.2, -0.15) is 0 Å². The molecule has 0 saturated heterocycles. The lowest BCUT2D eigenvalue weighted by atomic mass is 10.1. The molecule has 0 aromatic heterocycles. The SMILES string of the molecule is COC(=O)c1ccc([C@@H]2C[C@H]2N(Cc2ccccc2)Cc2ccccc2)cc1. The summed E-state index contributed by atoms with van der Waals surface area (Å²) in [6.07, 6.45) is 1.15. The first kappa shape index (κ1) is 18.5. The molecule has 0 amide bonds. The molecule has 142 valence electrons. The Hall–Kier alpha value is -2.91. The standard InChI is InChI=1S/C25H25NO2/c1-28-25(27)22-14-12-21(13-15-22)23-16-24(23)26(17-19-8-4-2-5-9-19)18-20-10-6-3-7-11-20/h2-15,23-24H,16-18H2,1H3/t23-,24+/m0/s1. The fourth-order valence-electron chi connectivity index (χ4n) is 3.85. The van der Waals surface area contributed by atoms with E-state index in [1.165, 1.54) is 23.8 Å². The second-order valence-corrected chi connectivity index (χ2v) is 7.40. The molecule has 2 atom stereocenters. The van der Waals surface area contributed by atoms with Gasteiger partial charge in [-0.25, -0.2) is 4.79 Å². The molecule has 0 unspecified atom stereocenters. The van der Waals surface area contributed by atoms with Crippen LogP contribution in [0.3, 0.4) is 0 Å². The molecule has 1 aliphatic rings. The van der Waals surface area contributed by atoms with Crippen molar-refractivity contribution in [2.24, 2.45) is 0 Å². The van der Waals surface area contributed by atoms with Gasteiger partial charge in [0.25, 0.3) is 0 Å². The van der Waals surface area contributed by atoms with E-state index in [1.807, 2.05) is 12.1 Å². The van der Waals surface area contributed by atoms with Gasteiger partial charge in [-0.05, 0) is 35.2 Å². The molecule has 0 N–H and O–H groups in total. The highest BCUT2D eigenvalue weighted by atomic mass is 16.5. The number of ether oxygens (including phenoxy) is 1. The molecule has 3 aromatic carbocycles. The first-order chi connectivity index (χ1) is 13.7. The van der Waals surface area contributed by atoms with Gasteiger partial charge in [0, 0.05) is 25.0 Å². The van der Waals surface area contributed by atoms with E-state index < -0.39 is 0 Å². The number of benzene rings is 3. The lowest BCUT2D eigenvalue weighted by molar-refractivity contribution is 0.0600. The zero-order valence-electron chi connectivity index (χ0n) is 16.1. The van der Waals surface area contributed by atoms with Crippen molar-refractivity contribution in [3.63, 3.8) is 0 Å². The molecule has 1 saturated carbocycles. The van der Waals surface area contributed by atoms with E-state index in [1.54, 1.807) is 0 Å². The van der Waals surface area contributed by atoms with Gasteiger partial charge in [-0.15, -0.1) is 0 Å². The smallest absolute Gasteiger partial charge is 0.337 e. The fraction of sp³-hybridized carbons (Fsp3) is 0.240. The van der Waals surface area contributed by atoms with Crippen LogP contribution in [-0.2, 0) is 17.8 Å². The molecule has 0 heterocycles. The Bertz CT molecular complexity index is 865. The summed E-state index contributed by atoms with van der Waals surface area (Å²) in [4.78, 5) is 14.2. The molecule has 1 fully saturated rings. The second kappa shape index (κ2) is 8.41. The third-order valence-corrected chi connectivity index (χ3v) is 5.44. The minimum absolute atomic E-state index is 0.284. The van der Waals surface area contributed by atoms with Gasteiger partial charge >= 0.3 is 5.97 Å². The monoisotopic (exact) mass is 371 g/mol. The summed E-state index contributed by atoms with van der Waals surface area (Å²) in [6, 6.07) is 29.7. The number of methoxy groups -OCH3 is 1. The summed E-state index contributed by atoms with van der Waals surface area (Å²) in [5.74, 6) is 0.229. The van der Waals surface area contributed by atoms with E-state index in [9.17, 15) is 4.79 Å². The topological polar surface area (TPSA) is 29.5 Å². The maximum absolute atomic E-state index is 11.7. The highest BCUT2D eigenvalue weighted by Crippen LogP contribution is 2.45. The molecule has 3 heteroatoms. The molecule has 0 radical (unpaired) electrons. The number of rotatable bonds is 7. The highest BCUT2D eigenvalue weighted by molar-refractivity contribution is 5.89. The van der Waals surface area contributed by atoms with Crippen LogP contribution in [0.25, 0.3) is 0 Å². The quantitative estimate of drug-likeness (QED) is 0.546. The van der Waals surface area contributed by atoms with Crippen molar-refractivity contribution in [2.75, 3.05) is 7.11 Å². The van der Waals surface area contributed by atoms with Gasteiger partial charge in [0.1, 0.15) is 0 Å². The predicted molar refractivity (Wildman–Crippen MR) is 111 cm³/mol. The van der Waals surface area contributed by atoms with Crippen LogP contribution in [0, 0.1) is 0 Å². The summed E-state index contributed by atoms with van der Waals surface area (Å²) in [5, 5.41) is 0. The first-order valence-electron chi connectivity index (χ1n) is 9.75. The van der Waals surface area contributed by atoms with Crippen LogP contribution in [0.1, 0.15) is 39.4 Å². The van der Waals surface area contributed by atoms with Crippen LogP contribution in [0.5, 0.6) is 0 Å². The number of hydrogen-bond acceptors (Lipinski definition) is 3. The van der Waals surface area contributed by atoms with Crippen molar-refractivity contribution in [1.29, 1.82) is 0 Å².